The average molecular weight is 413 g/mol. The summed E-state index contributed by atoms with van der Waals surface area (Å²) in [6.45, 7) is 6.58. The van der Waals surface area contributed by atoms with Crippen molar-refractivity contribution in [3.63, 3.8) is 0 Å². The highest BCUT2D eigenvalue weighted by molar-refractivity contribution is 5.85. The van der Waals surface area contributed by atoms with E-state index in [1.807, 2.05) is 24.3 Å². The Morgan fingerprint density at radius 2 is 1.48 bits per heavy atom. The van der Waals surface area contributed by atoms with Gasteiger partial charge in [0.2, 0.25) is 0 Å². The lowest BCUT2D eigenvalue weighted by Crippen LogP contribution is -2.02. The van der Waals surface area contributed by atoms with Gasteiger partial charge in [-0.05, 0) is 79.8 Å². The number of fused-ring (bicyclic) bond motifs is 1. The summed E-state index contributed by atoms with van der Waals surface area (Å²) in [5.41, 5.74) is 3.26. The van der Waals surface area contributed by atoms with Crippen LogP contribution >= 0.6 is 0 Å². The second-order valence-corrected chi connectivity index (χ2v) is 7.47. The summed E-state index contributed by atoms with van der Waals surface area (Å²) >= 11 is 0. The number of hydrogen-bond acceptors (Lipinski definition) is 3. The SMILES string of the molecule is C=CC(=O)OCCCCCCOc1ccc2cc(C#Cc3ccc(C)cc3)ccc2c1. The Labute approximate surface area is 184 Å². The van der Waals surface area contributed by atoms with Gasteiger partial charge in [0.15, 0.2) is 0 Å². The average Bonchev–Trinajstić information content (AvgIpc) is 2.80. The molecule has 0 spiro atoms. The molecule has 3 heteroatoms. The van der Waals surface area contributed by atoms with Crippen molar-refractivity contribution in [1.82, 2.24) is 0 Å². The molecule has 0 N–H and O–H groups in total. The van der Waals surface area contributed by atoms with E-state index in [1.54, 1.807) is 0 Å². The Morgan fingerprint density at radius 3 is 2.26 bits per heavy atom. The highest BCUT2D eigenvalue weighted by Crippen LogP contribution is 2.22. The van der Waals surface area contributed by atoms with Gasteiger partial charge in [-0.15, -0.1) is 0 Å². The van der Waals surface area contributed by atoms with Gasteiger partial charge in [-0.3, -0.25) is 0 Å². The lowest BCUT2D eigenvalue weighted by molar-refractivity contribution is -0.137. The number of aryl methyl sites for hydroxylation is 1. The van der Waals surface area contributed by atoms with Gasteiger partial charge in [-0.1, -0.05) is 48.2 Å². The number of carbonyl (C=O) groups is 1. The molecule has 0 radical (unpaired) electrons. The van der Waals surface area contributed by atoms with Crippen LogP contribution in [0.1, 0.15) is 42.4 Å². The highest BCUT2D eigenvalue weighted by Gasteiger charge is 2.00. The molecule has 0 aromatic heterocycles. The van der Waals surface area contributed by atoms with Crippen LogP contribution in [0, 0.1) is 18.8 Å². The third kappa shape index (κ3) is 7.35. The zero-order valence-corrected chi connectivity index (χ0v) is 18.0. The van der Waals surface area contributed by atoms with Gasteiger partial charge in [-0.25, -0.2) is 4.79 Å². The standard InChI is InChI=1S/C28H28O3/c1-3-28(29)31-19-7-5-4-6-18-30-27-17-16-25-20-24(14-15-26(25)21-27)13-12-23-10-8-22(2)9-11-23/h3,8-11,14-17,20-21H,1,4-7,18-19H2,2H3. The molecule has 0 aliphatic heterocycles. The molecule has 31 heavy (non-hydrogen) atoms. The van der Waals surface area contributed by atoms with Crippen molar-refractivity contribution < 1.29 is 14.3 Å². The Balaban J connectivity index is 1.46. The number of unbranched alkanes of at least 4 members (excludes halogenated alkanes) is 3. The Morgan fingerprint density at radius 1 is 0.839 bits per heavy atom. The summed E-state index contributed by atoms with van der Waals surface area (Å²) in [6, 6.07) is 20.7. The van der Waals surface area contributed by atoms with E-state index in [4.69, 9.17) is 9.47 Å². The van der Waals surface area contributed by atoms with E-state index in [0.29, 0.717) is 13.2 Å². The van der Waals surface area contributed by atoms with Crippen LogP contribution in [0.3, 0.4) is 0 Å². The Bertz CT molecular complexity index is 1080. The molecule has 3 nitrogen and oxygen atoms in total. The maximum atomic E-state index is 11.0. The number of esters is 1. The second-order valence-electron chi connectivity index (χ2n) is 7.47. The van der Waals surface area contributed by atoms with Crippen LogP contribution in [-0.2, 0) is 9.53 Å². The van der Waals surface area contributed by atoms with Gasteiger partial charge in [0.25, 0.3) is 0 Å². The normalized spacial score (nSPS) is 10.2. The highest BCUT2D eigenvalue weighted by atomic mass is 16.5. The second kappa shape index (κ2) is 11.6. The van der Waals surface area contributed by atoms with Crippen molar-refractivity contribution in [2.45, 2.75) is 32.6 Å². The monoisotopic (exact) mass is 412 g/mol. The Kier molecular flexibility index (Phi) is 8.31. The molecule has 3 rings (SSSR count). The summed E-state index contributed by atoms with van der Waals surface area (Å²) in [5.74, 6) is 6.99. The molecule has 0 saturated heterocycles. The van der Waals surface area contributed by atoms with E-state index in [1.165, 1.54) is 11.6 Å². The Hall–Kier alpha value is -3.51. The summed E-state index contributed by atoms with van der Waals surface area (Å²) in [6.07, 6.45) is 5.09. The number of rotatable bonds is 9. The molecule has 0 fully saturated rings. The third-order valence-electron chi connectivity index (χ3n) is 4.93. The maximum Gasteiger partial charge on any atom is 0.330 e. The quantitative estimate of drug-likeness (QED) is 0.181. The van der Waals surface area contributed by atoms with Crippen molar-refractivity contribution in [3.8, 4) is 17.6 Å². The lowest BCUT2D eigenvalue weighted by Gasteiger charge is -2.08. The summed E-state index contributed by atoms with van der Waals surface area (Å²) in [4.78, 5) is 11.0. The molecular weight excluding hydrogens is 384 g/mol. The zero-order valence-electron chi connectivity index (χ0n) is 18.0. The minimum Gasteiger partial charge on any atom is -0.494 e. The van der Waals surface area contributed by atoms with Crippen LogP contribution in [0.15, 0.2) is 73.3 Å². The summed E-state index contributed by atoms with van der Waals surface area (Å²) in [5, 5.41) is 2.29. The van der Waals surface area contributed by atoms with Gasteiger partial charge in [0.1, 0.15) is 5.75 Å². The predicted octanol–water partition coefficient (Wildman–Crippen LogP) is 6.22. The molecule has 0 bridgehead atoms. The molecule has 3 aromatic carbocycles. The van der Waals surface area contributed by atoms with Crippen molar-refractivity contribution in [2.24, 2.45) is 0 Å². The third-order valence-corrected chi connectivity index (χ3v) is 4.93. The molecule has 3 aromatic rings. The fourth-order valence-corrected chi connectivity index (χ4v) is 3.15. The molecule has 0 saturated carbocycles. The number of benzene rings is 3. The van der Waals surface area contributed by atoms with Crippen molar-refractivity contribution in [3.05, 3.63) is 90.0 Å². The van der Waals surface area contributed by atoms with Crippen molar-refractivity contribution >= 4 is 16.7 Å². The topological polar surface area (TPSA) is 35.5 Å². The first kappa shape index (κ1) is 22.2. The molecule has 0 amide bonds. The molecule has 0 aliphatic rings. The first-order valence-electron chi connectivity index (χ1n) is 10.7. The van der Waals surface area contributed by atoms with E-state index in [-0.39, 0.29) is 5.97 Å². The van der Waals surface area contributed by atoms with Gasteiger partial charge in [0.05, 0.1) is 13.2 Å². The molecular formula is C28H28O3. The fraction of sp³-hybridized carbons (Fsp3) is 0.250. The molecule has 0 aliphatic carbocycles. The van der Waals surface area contributed by atoms with Gasteiger partial charge >= 0.3 is 5.97 Å². The molecule has 0 unspecified atom stereocenters. The summed E-state index contributed by atoms with van der Waals surface area (Å²) < 4.78 is 10.9. The minimum atomic E-state index is -0.356. The van der Waals surface area contributed by atoms with Crippen LogP contribution in [0.2, 0.25) is 0 Å². The number of ether oxygens (including phenoxy) is 2. The zero-order chi connectivity index (χ0) is 21.9. The van der Waals surface area contributed by atoms with Gasteiger partial charge < -0.3 is 9.47 Å². The van der Waals surface area contributed by atoms with E-state index >= 15 is 0 Å². The van der Waals surface area contributed by atoms with Gasteiger partial charge in [0, 0.05) is 17.2 Å². The van der Waals surface area contributed by atoms with Gasteiger partial charge in [-0.2, -0.15) is 0 Å². The van der Waals surface area contributed by atoms with Crippen LogP contribution in [0.25, 0.3) is 10.8 Å². The van der Waals surface area contributed by atoms with Crippen LogP contribution in [0.5, 0.6) is 5.75 Å². The van der Waals surface area contributed by atoms with E-state index < -0.39 is 0 Å². The first-order valence-corrected chi connectivity index (χ1v) is 10.7. The predicted molar refractivity (Wildman–Crippen MR) is 126 cm³/mol. The van der Waals surface area contributed by atoms with E-state index in [2.05, 4.69) is 61.7 Å². The van der Waals surface area contributed by atoms with Crippen molar-refractivity contribution in [2.75, 3.05) is 13.2 Å². The van der Waals surface area contributed by atoms with Crippen molar-refractivity contribution in [1.29, 1.82) is 0 Å². The largest absolute Gasteiger partial charge is 0.494 e. The first-order chi connectivity index (χ1) is 15.1. The van der Waals surface area contributed by atoms with E-state index in [0.717, 1.165) is 53.3 Å². The lowest BCUT2D eigenvalue weighted by atomic mass is 10.1. The van der Waals surface area contributed by atoms with E-state index in [9.17, 15) is 4.79 Å². The maximum absolute atomic E-state index is 11.0. The van der Waals surface area contributed by atoms with Crippen LogP contribution in [0.4, 0.5) is 0 Å². The molecule has 0 atom stereocenters. The summed E-state index contributed by atoms with van der Waals surface area (Å²) in [7, 11) is 0. The molecule has 0 heterocycles. The molecule has 158 valence electrons. The fourth-order valence-electron chi connectivity index (χ4n) is 3.15. The smallest absolute Gasteiger partial charge is 0.330 e. The minimum absolute atomic E-state index is 0.356. The number of hydrogen-bond donors (Lipinski definition) is 0. The van der Waals surface area contributed by atoms with Crippen LogP contribution in [-0.4, -0.2) is 19.2 Å². The number of carbonyl (C=O) groups excluding carboxylic acids is 1. The van der Waals surface area contributed by atoms with Crippen LogP contribution < -0.4 is 4.74 Å².